The summed E-state index contributed by atoms with van der Waals surface area (Å²) in [5, 5.41) is 21.4. The molecule has 0 bridgehead atoms. The fourth-order valence-electron chi connectivity index (χ4n) is 1.84. The zero-order valence-electron chi connectivity index (χ0n) is 10.3. The molecule has 2 N–H and O–H groups in total. The average Bonchev–Trinajstić information content (AvgIpc) is 2.38. The molecule has 1 atom stereocenters. The Morgan fingerprint density at radius 2 is 2.05 bits per heavy atom. The summed E-state index contributed by atoms with van der Waals surface area (Å²) in [5.74, 6) is -0.900. The van der Waals surface area contributed by atoms with Gasteiger partial charge in [-0.15, -0.1) is 0 Å². The van der Waals surface area contributed by atoms with Crippen LogP contribution in [0.3, 0.4) is 0 Å². The number of carbonyl (C=O) groups is 1. The lowest BCUT2D eigenvalue weighted by Crippen LogP contribution is -2.15. The topological polar surface area (TPSA) is 66.8 Å². The molecular weight excluding hydrogens is 312 g/mol. The van der Waals surface area contributed by atoms with Crippen LogP contribution < -0.4 is 0 Å². The number of aliphatic hydroxyl groups excluding tert-OH is 1. The van der Waals surface area contributed by atoms with Crippen molar-refractivity contribution in [2.45, 2.75) is 13.0 Å². The molecule has 0 amide bonds. The van der Waals surface area contributed by atoms with Crippen molar-refractivity contribution in [3.63, 3.8) is 0 Å². The number of phenols is 1. The minimum absolute atomic E-state index is 0.129. The van der Waals surface area contributed by atoms with Crippen molar-refractivity contribution < 1.29 is 19.7 Å². The van der Waals surface area contributed by atoms with Crippen molar-refractivity contribution in [2.75, 3.05) is 6.61 Å². The Morgan fingerprint density at radius 3 is 2.74 bits per heavy atom. The van der Waals surface area contributed by atoms with Crippen molar-refractivity contribution >= 4 is 32.7 Å². The third kappa shape index (κ3) is 2.88. The Hall–Kier alpha value is -1.59. The van der Waals surface area contributed by atoms with Crippen molar-refractivity contribution in [2.24, 2.45) is 0 Å². The quantitative estimate of drug-likeness (QED) is 0.852. The number of aromatic hydroxyl groups is 1. The van der Waals surface area contributed by atoms with Crippen LogP contribution in [0, 0.1) is 0 Å². The number of halogens is 1. The Bertz CT molecular complexity index is 624. The maximum atomic E-state index is 11.5. The summed E-state index contributed by atoms with van der Waals surface area (Å²) in [6.45, 7) is 1.83. The lowest BCUT2D eigenvalue weighted by atomic mass is 10.0. The van der Waals surface area contributed by atoms with Gasteiger partial charge in [0.25, 0.3) is 0 Å². The second kappa shape index (κ2) is 5.59. The van der Waals surface area contributed by atoms with E-state index in [2.05, 4.69) is 15.9 Å². The van der Waals surface area contributed by atoms with Crippen LogP contribution in [0.5, 0.6) is 5.75 Å². The number of hydrogen-bond donors (Lipinski definition) is 2. The zero-order chi connectivity index (χ0) is 14.0. The first-order valence-electron chi connectivity index (χ1n) is 5.79. The molecule has 2 rings (SSSR count). The molecule has 0 aromatic heterocycles. The summed E-state index contributed by atoms with van der Waals surface area (Å²) in [4.78, 5) is 11.5. The fraction of sp³-hybridized carbons (Fsp3) is 0.214. The number of carbonyl (C=O) groups excluding carboxylic acids is 1. The van der Waals surface area contributed by atoms with Gasteiger partial charge in [-0.05, 0) is 42.0 Å². The van der Waals surface area contributed by atoms with Gasteiger partial charge < -0.3 is 14.9 Å². The van der Waals surface area contributed by atoms with E-state index >= 15 is 0 Å². The maximum absolute atomic E-state index is 11.5. The van der Waals surface area contributed by atoms with Crippen LogP contribution in [-0.4, -0.2) is 22.8 Å². The van der Waals surface area contributed by atoms with Crippen LogP contribution in [0.4, 0.5) is 0 Å². The van der Waals surface area contributed by atoms with Gasteiger partial charge in [-0.2, -0.15) is 0 Å². The van der Waals surface area contributed by atoms with E-state index < -0.39 is 12.1 Å². The van der Waals surface area contributed by atoms with Crippen LogP contribution in [0.25, 0.3) is 10.8 Å². The highest BCUT2D eigenvalue weighted by atomic mass is 79.9. The van der Waals surface area contributed by atoms with E-state index in [0.717, 1.165) is 15.2 Å². The first-order chi connectivity index (χ1) is 9.02. The molecule has 0 saturated carbocycles. The van der Waals surface area contributed by atoms with Gasteiger partial charge in [-0.1, -0.05) is 22.0 Å². The number of esters is 1. The smallest absolute Gasteiger partial charge is 0.339 e. The molecule has 2 aromatic carbocycles. The molecule has 0 radical (unpaired) electrons. The monoisotopic (exact) mass is 324 g/mol. The summed E-state index contributed by atoms with van der Waals surface area (Å²) < 4.78 is 5.62. The highest BCUT2D eigenvalue weighted by Crippen LogP contribution is 2.31. The third-order valence-electron chi connectivity index (χ3n) is 2.75. The number of aliphatic hydroxyl groups is 1. The van der Waals surface area contributed by atoms with Crippen LogP contribution >= 0.6 is 15.9 Å². The molecule has 19 heavy (non-hydrogen) atoms. The number of benzene rings is 2. The summed E-state index contributed by atoms with van der Waals surface area (Å²) in [6.07, 6.45) is -1.48. The molecule has 0 spiro atoms. The normalized spacial score (nSPS) is 12.4. The minimum atomic E-state index is -1.48. The van der Waals surface area contributed by atoms with Gasteiger partial charge in [0, 0.05) is 10.0 Å². The summed E-state index contributed by atoms with van der Waals surface area (Å²) in [5.41, 5.74) is 0.143. The number of fused-ring (bicyclic) bond motifs is 1. The molecule has 4 nitrogen and oxygen atoms in total. The maximum Gasteiger partial charge on any atom is 0.339 e. The number of rotatable bonds is 3. The second-order valence-corrected chi connectivity index (χ2v) is 4.97. The molecule has 2 aromatic rings. The van der Waals surface area contributed by atoms with Crippen molar-refractivity contribution in [3.8, 4) is 5.75 Å². The van der Waals surface area contributed by atoms with Gasteiger partial charge in [0.2, 0.25) is 0 Å². The Labute approximate surface area is 118 Å². The van der Waals surface area contributed by atoms with E-state index in [1.807, 2.05) is 18.2 Å². The Balaban J connectivity index is 2.48. The van der Waals surface area contributed by atoms with Crippen LogP contribution in [0.2, 0.25) is 0 Å². The highest BCUT2D eigenvalue weighted by molar-refractivity contribution is 9.10. The highest BCUT2D eigenvalue weighted by Gasteiger charge is 2.22. The summed E-state index contributed by atoms with van der Waals surface area (Å²) in [7, 11) is 0. The van der Waals surface area contributed by atoms with Crippen molar-refractivity contribution in [3.05, 3.63) is 40.4 Å². The van der Waals surface area contributed by atoms with E-state index in [0.29, 0.717) is 0 Å². The van der Waals surface area contributed by atoms with E-state index in [4.69, 9.17) is 4.74 Å². The third-order valence-corrected chi connectivity index (χ3v) is 3.25. The standard InChI is InChI=1S/C14H13BrO4/c1-2-19-14(18)13(17)11-6-9-5-10(15)4-3-8(9)7-12(11)16/h3-7,13,16-17H,2H2,1H3. The molecule has 0 aliphatic heterocycles. The molecule has 0 aliphatic carbocycles. The number of ether oxygens (including phenoxy) is 1. The molecule has 100 valence electrons. The van der Waals surface area contributed by atoms with Gasteiger partial charge in [-0.25, -0.2) is 4.79 Å². The van der Waals surface area contributed by atoms with E-state index in [1.165, 1.54) is 6.07 Å². The van der Waals surface area contributed by atoms with Gasteiger partial charge in [-0.3, -0.25) is 0 Å². The molecule has 0 aliphatic rings. The number of hydrogen-bond acceptors (Lipinski definition) is 4. The molecule has 0 fully saturated rings. The Kier molecular flexibility index (Phi) is 4.07. The lowest BCUT2D eigenvalue weighted by Gasteiger charge is -2.12. The molecule has 0 heterocycles. The Morgan fingerprint density at radius 1 is 1.32 bits per heavy atom. The van der Waals surface area contributed by atoms with Crippen LogP contribution in [0.15, 0.2) is 34.8 Å². The largest absolute Gasteiger partial charge is 0.508 e. The van der Waals surface area contributed by atoms with Gasteiger partial charge in [0.1, 0.15) is 5.75 Å². The van der Waals surface area contributed by atoms with E-state index in [1.54, 1.807) is 13.0 Å². The SMILES string of the molecule is CCOC(=O)C(O)c1cc2cc(Br)ccc2cc1O. The van der Waals surface area contributed by atoms with E-state index in [9.17, 15) is 15.0 Å². The number of phenolic OH excluding ortho intramolecular Hbond substituents is 1. The summed E-state index contributed by atoms with van der Waals surface area (Å²) in [6, 6.07) is 8.62. The fourth-order valence-corrected chi connectivity index (χ4v) is 2.22. The average molecular weight is 325 g/mol. The molecule has 5 heteroatoms. The van der Waals surface area contributed by atoms with Crippen LogP contribution in [-0.2, 0) is 9.53 Å². The first-order valence-corrected chi connectivity index (χ1v) is 6.59. The zero-order valence-corrected chi connectivity index (χ0v) is 11.8. The van der Waals surface area contributed by atoms with E-state index in [-0.39, 0.29) is 17.9 Å². The van der Waals surface area contributed by atoms with Crippen molar-refractivity contribution in [1.82, 2.24) is 0 Å². The second-order valence-electron chi connectivity index (χ2n) is 4.06. The van der Waals surface area contributed by atoms with Crippen LogP contribution in [0.1, 0.15) is 18.6 Å². The predicted molar refractivity (Wildman–Crippen MR) is 74.9 cm³/mol. The first kappa shape index (κ1) is 13.8. The van der Waals surface area contributed by atoms with Gasteiger partial charge >= 0.3 is 5.97 Å². The minimum Gasteiger partial charge on any atom is -0.508 e. The van der Waals surface area contributed by atoms with Gasteiger partial charge in [0.15, 0.2) is 6.10 Å². The molecule has 1 unspecified atom stereocenters. The lowest BCUT2D eigenvalue weighted by molar-refractivity contribution is -0.153. The van der Waals surface area contributed by atoms with Gasteiger partial charge in [0.05, 0.1) is 6.61 Å². The van der Waals surface area contributed by atoms with Crippen molar-refractivity contribution in [1.29, 1.82) is 0 Å². The predicted octanol–water partition coefficient (Wildman–Crippen LogP) is 2.90. The molecular formula is C14H13BrO4. The molecule has 0 saturated heterocycles. The summed E-state index contributed by atoms with van der Waals surface area (Å²) >= 11 is 3.35.